The van der Waals surface area contributed by atoms with E-state index in [2.05, 4.69) is 25.8 Å². The van der Waals surface area contributed by atoms with E-state index in [1.165, 1.54) is 0 Å². The van der Waals surface area contributed by atoms with Crippen molar-refractivity contribution in [2.75, 3.05) is 26.8 Å². The highest BCUT2D eigenvalue weighted by atomic mass is 35.5. The Bertz CT molecular complexity index is 776. The minimum atomic E-state index is -0.792. The summed E-state index contributed by atoms with van der Waals surface area (Å²) in [6, 6.07) is 5.00. The lowest BCUT2D eigenvalue weighted by molar-refractivity contribution is 0.180. The number of rotatable bonds is 9. The number of guanidine groups is 1. The Morgan fingerprint density at radius 3 is 2.57 bits per heavy atom. The van der Waals surface area contributed by atoms with Gasteiger partial charge in [-0.1, -0.05) is 23.2 Å². The average molecular weight is 429 g/mol. The highest BCUT2D eigenvalue weighted by molar-refractivity contribution is 6.34. The van der Waals surface area contributed by atoms with Crippen molar-refractivity contribution in [3.05, 3.63) is 45.5 Å². The number of methoxy groups -OCH3 is 1. The molecular weight excluding hydrogens is 403 g/mol. The Hall–Kier alpha value is -1.87. The smallest absolute Gasteiger partial charge is 0.191 e. The van der Waals surface area contributed by atoms with Crippen molar-refractivity contribution in [3.63, 3.8) is 0 Å². The van der Waals surface area contributed by atoms with Crippen molar-refractivity contribution in [1.82, 2.24) is 25.4 Å². The molecule has 2 rings (SSSR count). The first-order chi connectivity index (χ1) is 13.4. The molecule has 0 saturated carbocycles. The molecule has 1 unspecified atom stereocenters. The van der Waals surface area contributed by atoms with Crippen LogP contribution in [0.2, 0.25) is 10.0 Å². The molecule has 0 amide bonds. The summed E-state index contributed by atoms with van der Waals surface area (Å²) in [5.74, 6) is 2.13. The molecule has 0 aliphatic heterocycles. The molecule has 10 heteroatoms. The second-order valence-corrected chi connectivity index (χ2v) is 7.13. The second kappa shape index (κ2) is 11.2. The predicted octanol–water partition coefficient (Wildman–Crippen LogP) is 2.24. The molecule has 154 valence electrons. The Balaban J connectivity index is 2.01. The van der Waals surface area contributed by atoms with E-state index in [4.69, 9.17) is 27.9 Å². The molecule has 0 bridgehead atoms. The van der Waals surface area contributed by atoms with Crippen molar-refractivity contribution in [2.45, 2.75) is 26.0 Å². The lowest BCUT2D eigenvalue weighted by atomic mass is 10.1. The first-order valence-electron chi connectivity index (χ1n) is 8.90. The van der Waals surface area contributed by atoms with Gasteiger partial charge in [0.2, 0.25) is 0 Å². The molecule has 0 aliphatic rings. The van der Waals surface area contributed by atoms with Crippen LogP contribution in [0.4, 0.5) is 0 Å². The number of aromatic nitrogens is 3. The number of aliphatic hydroxyl groups is 1. The molecule has 0 aliphatic carbocycles. The minimum absolute atomic E-state index is 0.241. The van der Waals surface area contributed by atoms with Crippen LogP contribution in [0.5, 0.6) is 0 Å². The van der Waals surface area contributed by atoms with E-state index in [-0.39, 0.29) is 6.54 Å². The van der Waals surface area contributed by atoms with Gasteiger partial charge in [0.15, 0.2) is 11.8 Å². The van der Waals surface area contributed by atoms with Gasteiger partial charge in [0.25, 0.3) is 0 Å². The molecule has 8 nitrogen and oxygen atoms in total. The summed E-state index contributed by atoms with van der Waals surface area (Å²) in [6.07, 6.45) is 0.0338. The largest absolute Gasteiger partial charge is 0.387 e. The predicted molar refractivity (Wildman–Crippen MR) is 111 cm³/mol. The molecule has 0 fully saturated rings. The maximum Gasteiger partial charge on any atom is 0.191 e. The van der Waals surface area contributed by atoms with Crippen LogP contribution in [-0.4, -0.2) is 52.6 Å². The molecule has 0 spiro atoms. The molecule has 1 heterocycles. The summed E-state index contributed by atoms with van der Waals surface area (Å²) in [4.78, 5) is 4.53. The van der Waals surface area contributed by atoms with Crippen molar-refractivity contribution in [2.24, 2.45) is 12.0 Å². The van der Waals surface area contributed by atoms with Crippen LogP contribution in [0.3, 0.4) is 0 Å². The number of ether oxygens (including phenoxy) is 1. The van der Waals surface area contributed by atoms with Crippen LogP contribution in [0.15, 0.2) is 23.2 Å². The van der Waals surface area contributed by atoms with Crippen LogP contribution >= 0.6 is 23.2 Å². The summed E-state index contributed by atoms with van der Waals surface area (Å²) >= 11 is 12.0. The van der Waals surface area contributed by atoms with E-state index in [1.54, 1.807) is 25.3 Å². The SMILES string of the molecule is COCCCNC(=NCc1nnc(C)n1C)NCC(O)c1cc(Cl)cc(Cl)c1. The van der Waals surface area contributed by atoms with E-state index in [0.29, 0.717) is 41.3 Å². The molecule has 1 aromatic heterocycles. The van der Waals surface area contributed by atoms with Crippen LogP contribution in [0.25, 0.3) is 0 Å². The normalized spacial score (nSPS) is 12.9. The Morgan fingerprint density at radius 1 is 1.25 bits per heavy atom. The Kier molecular flexibility index (Phi) is 8.98. The maximum absolute atomic E-state index is 10.5. The van der Waals surface area contributed by atoms with Crippen molar-refractivity contribution >= 4 is 29.2 Å². The molecule has 3 N–H and O–H groups in total. The Morgan fingerprint density at radius 2 is 1.96 bits per heavy atom. The lowest BCUT2D eigenvalue weighted by Gasteiger charge is -2.16. The third kappa shape index (κ3) is 6.94. The summed E-state index contributed by atoms with van der Waals surface area (Å²) < 4.78 is 6.95. The highest BCUT2D eigenvalue weighted by Gasteiger charge is 2.11. The monoisotopic (exact) mass is 428 g/mol. The molecule has 2 aromatic rings. The lowest BCUT2D eigenvalue weighted by Crippen LogP contribution is -2.40. The van der Waals surface area contributed by atoms with Gasteiger partial charge < -0.3 is 25.0 Å². The first kappa shape index (κ1) is 22.4. The number of aryl methyl sites for hydroxylation is 1. The van der Waals surface area contributed by atoms with Crippen LogP contribution in [-0.2, 0) is 18.3 Å². The molecule has 1 atom stereocenters. The number of benzene rings is 1. The minimum Gasteiger partial charge on any atom is -0.387 e. The third-order valence-electron chi connectivity index (χ3n) is 4.11. The van der Waals surface area contributed by atoms with Gasteiger partial charge in [-0.2, -0.15) is 0 Å². The zero-order chi connectivity index (χ0) is 20.5. The number of aliphatic imine (C=N–C) groups is 1. The van der Waals surface area contributed by atoms with E-state index in [1.807, 2.05) is 18.5 Å². The van der Waals surface area contributed by atoms with Gasteiger partial charge in [0.1, 0.15) is 12.4 Å². The van der Waals surface area contributed by atoms with Gasteiger partial charge in [0.05, 0.1) is 6.10 Å². The molecular formula is C18H26Cl2N6O2. The second-order valence-electron chi connectivity index (χ2n) is 6.26. The molecule has 28 heavy (non-hydrogen) atoms. The Labute approximate surface area is 174 Å². The number of nitrogens with one attached hydrogen (secondary N) is 2. The first-order valence-corrected chi connectivity index (χ1v) is 9.66. The number of nitrogens with zero attached hydrogens (tertiary/aromatic N) is 4. The van der Waals surface area contributed by atoms with Crippen LogP contribution < -0.4 is 10.6 Å². The van der Waals surface area contributed by atoms with Gasteiger partial charge in [0, 0.05) is 43.9 Å². The van der Waals surface area contributed by atoms with Crippen molar-refractivity contribution in [1.29, 1.82) is 0 Å². The van der Waals surface area contributed by atoms with Crippen molar-refractivity contribution in [3.8, 4) is 0 Å². The number of halogens is 2. The molecule has 1 aromatic carbocycles. The highest BCUT2D eigenvalue weighted by Crippen LogP contribution is 2.23. The zero-order valence-electron chi connectivity index (χ0n) is 16.2. The zero-order valence-corrected chi connectivity index (χ0v) is 17.8. The average Bonchev–Trinajstić information content (AvgIpc) is 2.97. The fourth-order valence-electron chi connectivity index (χ4n) is 2.41. The van der Waals surface area contributed by atoms with Gasteiger partial charge in [-0.3, -0.25) is 0 Å². The van der Waals surface area contributed by atoms with Crippen LogP contribution in [0, 0.1) is 6.92 Å². The summed E-state index contributed by atoms with van der Waals surface area (Å²) in [5.41, 5.74) is 0.632. The van der Waals surface area contributed by atoms with Gasteiger partial charge in [-0.25, -0.2) is 4.99 Å². The number of hydrogen-bond donors (Lipinski definition) is 3. The summed E-state index contributed by atoms with van der Waals surface area (Å²) in [6.45, 7) is 3.80. The van der Waals surface area contributed by atoms with Gasteiger partial charge >= 0.3 is 0 Å². The van der Waals surface area contributed by atoms with E-state index in [0.717, 1.165) is 18.1 Å². The van der Waals surface area contributed by atoms with E-state index >= 15 is 0 Å². The number of hydrogen-bond acceptors (Lipinski definition) is 5. The van der Waals surface area contributed by atoms with Gasteiger partial charge in [-0.05, 0) is 37.1 Å². The van der Waals surface area contributed by atoms with Crippen LogP contribution in [0.1, 0.15) is 29.7 Å². The number of aliphatic hydroxyl groups excluding tert-OH is 1. The fourth-order valence-corrected chi connectivity index (χ4v) is 2.96. The summed E-state index contributed by atoms with van der Waals surface area (Å²) in [7, 11) is 3.56. The van der Waals surface area contributed by atoms with E-state index < -0.39 is 6.10 Å². The van der Waals surface area contributed by atoms with Crippen molar-refractivity contribution < 1.29 is 9.84 Å². The molecule has 0 radical (unpaired) electrons. The standard InChI is InChI=1S/C18H26Cl2N6O2/c1-12-24-25-17(26(12)2)11-23-18(21-5-4-6-28-3)22-10-16(27)13-7-14(19)9-15(20)8-13/h7-9,16,27H,4-6,10-11H2,1-3H3,(H2,21,22,23). The van der Waals surface area contributed by atoms with Gasteiger partial charge in [-0.15, -0.1) is 10.2 Å². The topological polar surface area (TPSA) is 96.6 Å². The quantitative estimate of drug-likeness (QED) is 0.322. The fraction of sp³-hybridized carbons (Fsp3) is 0.500. The summed E-state index contributed by atoms with van der Waals surface area (Å²) in [5, 5.41) is 25.9. The maximum atomic E-state index is 10.5. The molecule has 0 saturated heterocycles. The third-order valence-corrected chi connectivity index (χ3v) is 4.55. The van der Waals surface area contributed by atoms with E-state index in [9.17, 15) is 5.11 Å².